The maximum absolute atomic E-state index is 12.7. The highest BCUT2D eigenvalue weighted by Gasteiger charge is 2.19. The molecule has 1 aliphatic rings. The van der Waals surface area contributed by atoms with Crippen molar-refractivity contribution in [2.75, 3.05) is 39.5 Å². The van der Waals surface area contributed by atoms with Crippen LogP contribution in [-0.4, -0.2) is 68.5 Å². The van der Waals surface area contributed by atoms with E-state index in [1.165, 1.54) is 12.1 Å². The third-order valence-corrected chi connectivity index (χ3v) is 6.28. The van der Waals surface area contributed by atoms with Gasteiger partial charge in [-0.05, 0) is 36.8 Å². The number of sulfonamides is 1. The molecule has 4 rings (SSSR count). The lowest BCUT2D eigenvalue weighted by molar-refractivity contribution is 0.0296. The normalized spacial score (nSPS) is 14.8. The van der Waals surface area contributed by atoms with E-state index in [-0.39, 0.29) is 10.6 Å². The van der Waals surface area contributed by atoms with Crippen LogP contribution in [0.2, 0.25) is 0 Å². The van der Waals surface area contributed by atoms with Crippen LogP contribution in [0.25, 0.3) is 16.9 Å². The quantitative estimate of drug-likeness (QED) is 0.396. The van der Waals surface area contributed by atoms with Crippen LogP contribution in [0.5, 0.6) is 0 Å². The van der Waals surface area contributed by atoms with Crippen molar-refractivity contribution in [3.8, 4) is 16.9 Å². The van der Waals surface area contributed by atoms with Crippen molar-refractivity contribution >= 4 is 16.0 Å². The summed E-state index contributed by atoms with van der Waals surface area (Å²) in [7, 11) is -3.81. The topological polar surface area (TPSA) is 117 Å². The zero-order valence-electron chi connectivity index (χ0n) is 18.1. The number of carbonyl (C=O) groups is 1. The molecule has 0 amide bonds. The van der Waals surface area contributed by atoms with Crippen molar-refractivity contribution in [3.05, 3.63) is 66.4 Å². The Kier molecular flexibility index (Phi) is 7.19. The standard InChI is InChI=1S/C23H26N4O5S/c24-33(29,30)20-9-7-19(8-10-20)27-22(18-5-2-1-3-6-18)17-21(25-27)23(28)32-14-4-11-26-12-15-31-16-13-26/h1-3,5-10,17H,4,11-16H2,(H2,24,29,30). The van der Waals surface area contributed by atoms with Crippen molar-refractivity contribution in [1.29, 1.82) is 0 Å². The lowest BCUT2D eigenvalue weighted by atomic mass is 10.1. The van der Waals surface area contributed by atoms with Crippen molar-refractivity contribution in [3.63, 3.8) is 0 Å². The second-order valence-electron chi connectivity index (χ2n) is 7.68. The van der Waals surface area contributed by atoms with Gasteiger partial charge >= 0.3 is 5.97 Å². The van der Waals surface area contributed by atoms with Gasteiger partial charge in [0.05, 0.1) is 36.1 Å². The average Bonchev–Trinajstić information content (AvgIpc) is 3.28. The minimum absolute atomic E-state index is 0.000400. The fraction of sp³-hybridized carbons (Fsp3) is 0.304. The number of esters is 1. The lowest BCUT2D eigenvalue weighted by Gasteiger charge is -2.26. The van der Waals surface area contributed by atoms with Crippen molar-refractivity contribution in [2.24, 2.45) is 5.14 Å². The van der Waals surface area contributed by atoms with E-state index in [0.717, 1.165) is 44.8 Å². The van der Waals surface area contributed by atoms with Crippen LogP contribution >= 0.6 is 0 Å². The number of nitrogens with zero attached hydrogens (tertiary/aromatic N) is 3. The number of hydrogen-bond donors (Lipinski definition) is 1. The van der Waals surface area contributed by atoms with Gasteiger partial charge < -0.3 is 9.47 Å². The number of benzene rings is 2. The molecule has 0 aliphatic carbocycles. The van der Waals surface area contributed by atoms with Crippen molar-refractivity contribution < 1.29 is 22.7 Å². The Morgan fingerprint density at radius 1 is 1.06 bits per heavy atom. The number of aromatic nitrogens is 2. The van der Waals surface area contributed by atoms with E-state index in [2.05, 4.69) is 10.00 Å². The van der Waals surface area contributed by atoms with E-state index in [1.807, 2.05) is 30.3 Å². The van der Waals surface area contributed by atoms with Gasteiger partial charge in [-0.15, -0.1) is 0 Å². The summed E-state index contributed by atoms with van der Waals surface area (Å²) >= 11 is 0. The molecule has 174 valence electrons. The molecule has 0 unspecified atom stereocenters. The van der Waals surface area contributed by atoms with Crippen LogP contribution in [0.4, 0.5) is 0 Å². The monoisotopic (exact) mass is 470 g/mol. The molecule has 0 saturated carbocycles. The first kappa shape index (κ1) is 23.1. The Morgan fingerprint density at radius 3 is 2.42 bits per heavy atom. The molecule has 1 aromatic heterocycles. The molecule has 9 nitrogen and oxygen atoms in total. The summed E-state index contributed by atoms with van der Waals surface area (Å²) in [6.07, 6.45) is 0.729. The number of nitrogens with two attached hydrogens (primary N) is 1. The van der Waals surface area contributed by atoms with Crippen LogP contribution < -0.4 is 5.14 Å². The van der Waals surface area contributed by atoms with Gasteiger partial charge in [-0.25, -0.2) is 23.0 Å². The Morgan fingerprint density at radius 2 is 1.76 bits per heavy atom. The Labute approximate surface area is 192 Å². The highest BCUT2D eigenvalue weighted by atomic mass is 32.2. The molecule has 33 heavy (non-hydrogen) atoms. The van der Waals surface area contributed by atoms with Gasteiger partial charge in [0, 0.05) is 25.2 Å². The minimum atomic E-state index is -3.81. The summed E-state index contributed by atoms with van der Waals surface area (Å²) in [6, 6.07) is 17.2. The largest absolute Gasteiger partial charge is 0.461 e. The third kappa shape index (κ3) is 5.85. The van der Waals surface area contributed by atoms with Gasteiger partial charge in [0.1, 0.15) is 0 Å². The van der Waals surface area contributed by atoms with Gasteiger partial charge in [-0.2, -0.15) is 5.10 Å². The zero-order valence-corrected chi connectivity index (χ0v) is 18.9. The van der Waals surface area contributed by atoms with E-state index in [1.54, 1.807) is 22.9 Å². The average molecular weight is 471 g/mol. The smallest absolute Gasteiger partial charge is 0.358 e. The molecular formula is C23H26N4O5S. The zero-order chi connectivity index (χ0) is 23.3. The van der Waals surface area contributed by atoms with Gasteiger partial charge in [0.2, 0.25) is 10.0 Å². The molecular weight excluding hydrogens is 444 g/mol. The molecule has 1 aliphatic heterocycles. The molecule has 0 atom stereocenters. The van der Waals surface area contributed by atoms with E-state index in [9.17, 15) is 13.2 Å². The summed E-state index contributed by atoms with van der Waals surface area (Å²) in [5, 5.41) is 9.65. The highest BCUT2D eigenvalue weighted by Crippen LogP contribution is 2.25. The van der Waals surface area contributed by atoms with Crippen molar-refractivity contribution in [2.45, 2.75) is 11.3 Å². The Bertz CT molecular complexity index is 1190. The summed E-state index contributed by atoms with van der Waals surface area (Å²) in [5.41, 5.74) is 2.30. The number of primary sulfonamides is 1. The molecule has 2 aromatic carbocycles. The molecule has 2 N–H and O–H groups in total. The Hall–Kier alpha value is -3.05. The van der Waals surface area contributed by atoms with Crippen molar-refractivity contribution in [1.82, 2.24) is 14.7 Å². The highest BCUT2D eigenvalue weighted by molar-refractivity contribution is 7.89. The van der Waals surface area contributed by atoms with Crippen LogP contribution in [0, 0.1) is 0 Å². The number of rotatable bonds is 8. The summed E-state index contributed by atoms with van der Waals surface area (Å²) < 4.78 is 35.5. The molecule has 10 heteroatoms. The molecule has 0 bridgehead atoms. The van der Waals surface area contributed by atoms with E-state index >= 15 is 0 Å². The fourth-order valence-electron chi connectivity index (χ4n) is 3.62. The minimum Gasteiger partial charge on any atom is -0.461 e. The predicted molar refractivity (Wildman–Crippen MR) is 123 cm³/mol. The van der Waals surface area contributed by atoms with Crippen LogP contribution in [0.1, 0.15) is 16.9 Å². The first-order valence-electron chi connectivity index (χ1n) is 10.7. The third-order valence-electron chi connectivity index (χ3n) is 5.35. The molecule has 2 heterocycles. The van der Waals surface area contributed by atoms with E-state index in [0.29, 0.717) is 18.0 Å². The van der Waals surface area contributed by atoms with E-state index < -0.39 is 16.0 Å². The molecule has 1 fully saturated rings. The van der Waals surface area contributed by atoms with Gasteiger partial charge in [0.15, 0.2) is 5.69 Å². The number of carbonyl (C=O) groups excluding carboxylic acids is 1. The summed E-state index contributed by atoms with van der Waals surface area (Å²) in [5.74, 6) is -0.505. The first-order chi connectivity index (χ1) is 15.9. The molecule has 1 saturated heterocycles. The second kappa shape index (κ2) is 10.3. The second-order valence-corrected chi connectivity index (χ2v) is 9.24. The number of morpholine rings is 1. The summed E-state index contributed by atoms with van der Waals surface area (Å²) in [4.78, 5) is 15.0. The summed E-state index contributed by atoms with van der Waals surface area (Å²) in [6.45, 7) is 4.39. The Balaban J connectivity index is 1.52. The number of ether oxygens (including phenoxy) is 2. The SMILES string of the molecule is NS(=O)(=O)c1ccc(-n2nc(C(=O)OCCCN3CCOCC3)cc2-c2ccccc2)cc1. The van der Waals surface area contributed by atoms with Crippen LogP contribution in [0.15, 0.2) is 65.6 Å². The molecule has 0 radical (unpaired) electrons. The fourth-order valence-corrected chi connectivity index (χ4v) is 4.14. The van der Waals surface area contributed by atoms with Gasteiger partial charge in [-0.1, -0.05) is 30.3 Å². The number of hydrogen-bond acceptors (Lipinski definition) is 7. The van der Waals surface area contributed by atoms with Crippen LogP contribution in [-0.2, 0) is 19.5 Å². The predicted octanol–water partition coefficient (Wildman–Crippen LogP) is 2.07. The maximum atomic E-state index is 12.7. The maximum Gasteiger partial charge on any atom is 0.358 e. The van der Waals surface area contributed by atoms with E-state index in [4.69, 9.17) is 14.6 Å². The lowest BCUT2D eigenvalue weighted by Crippen LogP contribution is -2.37. The molecule has 0 spiro atoms. The first-order valence-corrected chi connectivity index (χ1v) is 12.2. The van der Waals surface area contributed by atoms with Gasteiger partial charge in [0.25, 0.3) is 0 Å². The van der Waals surface area contributed by atoms with Crippen LogP contribution in [0.3, 0.4) is 0 Å². The van der Waals surface area contributed by atoms with Gasteiger partial charge in [-0.3, -0.25) is 4.90 Å². The molecule has 3 aromatic rings.